The third-order valence-corrected chi connectivity index (χ3v) is 3.49. The van der Waals surface area contributed by atoms with Gasteiger partial charge in [-0.25, -0.2) is 0 Å². The first-order chi connectivity index (χ1) is 7.74. The normalized spacial score (nSPS) is 17.0. The summed E-state index contributed by atoms with van der Waals surface area (Å²) < 4.78 is 0. The van der Waals surface area contributed by atoms with Crippen LogP contribution in [0.2, 0.25) is 0 Å². The number of allylic oxidation sites excluding steroid dienone is 1. The van der Waals surface area contributed by atoms with Crippen LogP contribution in [-0.2, 0) is 4.79 Å². The van der Waals surface area contributed by atoms with Gasteiger partial charge < -0.3 is 11.1 Å². The summed E-state index contributed by atoms with van der Waals surface area (Å²) in [4.78, 5) is 11.6. The predicted molar refractivity (Wildman–Crippen MR) is 70.5 cm³/mol. The van der Waals surface area contributed by atoms with Crippen molar-refractivity contribution in [3.63, 3.8) is 0 Å². The van der Waals surface area contributed by atoms with Crippen molar-refractivity contribution in [3.05, 3.63) is 11.6 Å². The van der Waals surface area contributed by atoms with Gasteiger partial charge in [-0.1, -0.05) is 11.6 Å². The molecule has 0 aromatic carbocycles. The zero-order valence-electron chi connectivity index (χ0n) is 10.00. The van der Waals surface area contributed by atoms with Crippen molar-refractivity contribution >= 4 is 17.7 Å². The van der Waals surface area contributed by atoms with Gasteiger partial charge in [-0.3, -0.25) is 4.79 Å². The first kappa shape index (κ1) is 13.6. The van der Waals surface area contributed by atoms with Crippen molar-refractivity contribution in [2.75, 3.05) is 18.6 Å². The zero-order valence-corrected chi connectivity index (χ0v) is 10.8. The zero-order chi connectivity index (χ0) is 11.8. The van der Waals surface area contributed by atoms with Crippen LogP contribution in [0, 0.1) is 0 Å². The van der Waals surface area contributed by atoms with Gasteiger partial charge >= 0.3 is 0 Å². The van der Waals surface area contributed by atoms with Crippen molar-refractivity contribution in [2.45, 2.75) is 38.1 Å². The Kier molecular flexibility index (Phi) is 6.57. The number of amides is 1. The number of rotatable bonds is 7. The minimum Gasteiger partial charge on any atom is -0.354 e. The molecule has 1 aliphatic carbocycles. The highest BCUT2D eigenvalue weighted by Crippen LogP contribution is 2.19. The summed E-state index contributed by atoms with van der Waals surface area (Å²) in [5.41, 5.74) is 7.24. The maximum atomic E-state index is 11.6. The molecule has 0 saturated carbocycles. The van der Waals surface area contributed by atoms with Crippen LogP contribution >= 0.6 is 11.8 Å². The van der Waals surface area contributed by atoms with E-state index in [1.165, 1.54) is 24.8 Å². The number of hydrogen-bond acceptors (Lipinski definition) is 3. The highest BCUT2D eigenvalue weighted by atomic mass is 32.2. The molecule has 0 unspecified atom stereocenters. The van der Waals surface area contributed by atoms with Gasteiger partial charge in [-0.05, 0) is 44.1 Å². The summed E-state index contributed by atoms with van der Waals surface area (Å²) in [5, 5.41) is 2.90. The van der Waals surface area contributed by atoms with Gasteiger partial charge in [0.15, 0.2) is 0 Å². The van der Waals surface area contributed by atoms with E-state index < -0.39 is 0 Å². The Labute approximate surface area is 102 Å². The standard InChI is InChI=1S/C12H22N2OS/c1-16-9-7-11(13)12(15)14-8-6-10-4-2-3-5-10/h4,11H,2-3,5-9,13H2,1H3,(H,14,15)/t11-/m0/s1. The smallest absolute Gasteiger partial charge is 0.236 e. The number of thioether (sulfide) groups is 1. The minimum atomic E-state index is -0.343. The van der Waals surface area contributed by atoms with E-state index in [1.807, 2.05) is 6.26 Å². The lowest BCUT2D eigenvalue weighted by Crippen LogP contribution is -2.41. The second-order valence-corrected chi connectivity index (χ2v) is 5.17. The van der Waals surface area contributed by atoms with Crippen LogP contribution in [-0.4, -0.2) is 30.5 Å². The van der Waals surface area contributed by atoms with Gasteiger partial charge in [0.1, 0.15) is 0 Å². The highest BCUT2D eigenvalue weighted by Gasteiger charge is 2.12. The second-order valence-electron chi connectivity index (χ2n) is 4.18. The molecule has 3 nitrogen and oxygen atoms in total. The van der Waals surface area contributed by atoms with Crippen LogP contribution in [0.25, 0.3) is 0 Å². The first-order valence-corrected chi connectivity index (χ1v) is 7.33. The van der Waals surface area contributed by atoms with Crippen molar-refractivity contribution in [1.82, 2.24) is 5.32 Å². The number of nitrogens with two attached hydrogens (primary N) is 1. The maximum Gasteiger partial charge on any atom is 0.236 e. The lowest BCUT2D eigenvalue weighted by Gasteiger charge is -2.11. The first-order valence-electron chi connectivity index (χ1n) is 5.94. The Balaban J connectivity index is 2.09. The fourth-order valence-corrected chi connectivity index (χ4v) is 2.31. The van der Waals surface area contributed by atoms with Crippen molar-refractivity contribution in [3.8, 4) is 0 Å². The summed E-state index contributed by atoms with van der Waals surface area (Å²) in [6, 6.07) is -0.343. The van der Waals surface area contributed by atoms with E-state index in [9.17, 15) is 4.79 Å². The fourth-order valence-electron chi connectivity index (χ4n) is 1.82. The van der Waals surface area contributed by atoms with Gasteiger partial charge in [0.2, 0.25) is 5.91 Å². The fraction of sp³-hybridized carbons (Fsp3) is 0.750. The van der Waals surface area contributed by atoms with Gasteiger partial charge in [0, 0.05) is 6.54 Å². The highest BCUT2D eigenvalue weighted by molar-refractivity contribution is 7.98. The summed E-state index contributed by atoms with van der Waals surface area (Å²) >= 11 is 1.72. The predicted octanol–water partition coefficient (Wildman–Crippen LogP) is 1.68. The van der Waals surface area contributed by atoms with Crippen LogP contribution in [0.5, 0.6) is 0 Å². The Hall–Kier alpha value is -0.480. The largest absolute Gasteiger partial charge is 0.354 e. The van der Waals surface area contributed by atoms with E-state index >= 15 is 0 Å². The van der Waals surface area contributed by atoms with Crippen LogP contribution < -0.4 is 11.1 Å². The molecule has 0 saturated heterocycles. The van der Waals surface area contributed by atoms with Gasteiger partial charge in [-0.2, -0.15) is 11.8 Å². The van der Waals surface area contributed by atoms with E-state index in [2.05, 4.69) is 11.4 Å². The Morgan fingerprint density at radius 3 is 3.12 bits per heavy atom. The van der Waals surface area contributed by atoms with Crippen molar-refractivity contribution < 1.29 is 4.79 Å². The third-order valence-electron chi connectivity index (χ3n) is 2.85. The molecule has 1 amide bonds. The summed E-state index contributed by atoms with van der Waals surface area (Å²) in [6.45, 7) is 0.734. The molecule has 4 heteroatoms. The van der Waals surface area contributed by atoms with Crippen molar-refractivity contribution in [2.24, 2.45) is 5.73 Å². The number of nitrogens with one attached hydrogen (secondary N) is 1. The molecule has 1 rings (SSSR count). The minimum absolute atomic E-state index is 0.00681. The molecule has 1 atom stereocenters. The van der Waals surface area contributed by atoms with E-state index in [4.69, 9.17) is 5.73 Å². The summed E-state index contributed by atoms with van der Waals surface area (Å²) in [5.74, 6) is 0.937. The number of carbonyl (C=O) groups excluding carboxylic acids is 1. The molecule has 0 spiro atoms. The molecule has 0 bridgehead atoms. The molecular formula is C12H22N2OS. The van der Waals surface area contributed by atoms with Gasteiger partial charge in [0.05, 0.1) is 6.04 Å². The molecule has 16 heavy (non-hydrogen) atoms. The van der Waals surface area contributed by atoms with Crippen LogP contribution in [0.4, 0.5) is 0 Å². The average Bonchev–Trinajstić information content (AvgIpc) is 2.78. The molecule has 0 aromatic heterocycles. The molecular weight excluding hydrogens is 220 g/mol. The Morgan fingerprint density at radius 1 is 1.69 bits per heavy atom. The second kappa shape index (κ2) is 7.74. The van der Waals surface area contributed by atoms with Crippen molar-refractivity contribution in [1.29, 1.82) is 0 Å². The van der Waals surface area contributed by atoms with Crippen LogP contribution in [0.15, 0.2) is 11.6 Å². The molecule has 0 heterocycles. The van der Waals surface area contributed by atoms with E-state index in [1.54, 1.807) is 11.8 Å². The monoisotopic (exact) mass is 242 g/mol. The van der Waals surface area contributed by atoms with Crippen LogP contribution in [0.3, 0.4) is 0 Å². The Morgan fingerprint density at radius 2 is 2.50 bits per heavy atom. The molecule has 0 fully saturated rings. The lowest BCUT2D eigenvalue weighted by molar-refractivity contribution is -0.122. The lowest BCUT2D eigenvalue weighted by atomic mass is 10.1. The maximum absolute atomic E-state index is 11.6. The molecule has 1 aliphatic rings. The van der Waals surface area contributed by atoms with Gasteiger partial charge in [0.25, 0.3) is 0 Å². The summed E-state index contributed by atoms with van der Waals surface area (Å²) in [6.07, 6.45) is 9.75. The topological polar surface area (TPSA) is 55.1 Å². The third kappa shape index (κ3) is 5.03. The van der Waals surface area contributed by atoms with Gasteiger partial charge in [-0.15, -0.1) is 0 Å². The SMILES string of the molecule is CSCC[C@H](N)C(=O)NCCC1=CCCC1. The quantitative estimate of drug-likeness (QED) is 0.668. The Bertz CT molecular complexity index is 253. The molecule has 92 valence electrons. The average molecular weight is 242 g/mol. The summed E-state index contributed by atoms with van der Waals surface area (Å²) in [7, 11) is 0. The molecule has 0 aromatic rings. The molecule has 0 aliphatic heterocycles. The van der Waals surface area contributed by atoms with E-state index in [0.29, 0.717) is 0 Å². The van der Waals surface area contributed by atoms with E-state index in [0.717, 1.165) is 25.1 Å². The van der Waals surface area contributed by atoms with Crippen LogP contribution in [0.1, 0.15) is 32.1 Å². The molecule has 3 N–H and O–H groups in total. The number of carbonyl (C=O) groups is 1. The van der Waals surface area contributed by atoms with E-state index in [-0.39, 0.29) is 11.9 Å². The molecule has 0 radical (unpaired) electrons. The number of hydrogen-bond donors (Lipinski definition) is 2.